The monoisotopic (exact) mass is 309 g/mol. The van der Waals surface area contributed by atoms with Gasteiger partial charge in [-0.15, -0.1) is 0 Å². The molecule has 0 radical (unpaired) electrons. The zero-order chi connectivity index (χ0) is 16.7. The highest BCUT2D eigenvalue weighted by Crippen LogP contribution is 2.32. The minimum absolute atomic E-state index is 0.121. The lowest BCUT2D eigenvalue weighted by atomic mass is 9.94. The zero-order valence-corrected chi connectivity index (χ0v) is 14.1. The summed E-state index contributed by atoms with van der Waals surface area (Å²) in [5.74, 6) is 0.289. The average molecular weight is 309 g/mol. The maximum atomic E-state index is 12.3. The molecule has 0 bridgehead atoms. The van der Waals surface area contributed by atoms with E-state index in [0.717, 1.165) is 11.1 Å². The second kappa shape index (κ2) is 8.76. The molecule has 1 aromatic rings. The Bertz CT molecular complexity index is 500. The quantitative estimate of drug-likeness (QED) is 0.721. The van der Waals surface area contributed by atoms with Gasteiger partial charge in [0, 0.05) is 6.54 Å². The molecule has 1 rings (SSSR count). The highest BCUT2D eigenvalue weighted by molar-refractivity contribution is 5.95. The Balaban J connectivity index is 3.16. The summed E-state index contributed by atoms with van der Waals surface area (Å²) in [5, 5.41) is 12.7. The number of rotatable bonds is 8. The number of benzene rings is 1. The number of esters is 1. The predicted octanol–water partition coefficient (Wildman–Crippen LogP) is 2.25. The Morgan fingerprint density at radius 3 is 2.59 bits per heavy atom. The summed E-state index contributed by atoms with van der Waals surface area (Å²) in [5.41, 5.74) is 2.21. The first-order valence-corrected chi connectivity index (χ1v) is 7.68. The number of hydrogen-bond acceptors (Lipinski definition) is 5. The maximum Gasteiger partial charge on any atom is 0.342 e. The topological polar surface area (TPSA) is 67.8 Å². The number of nitrogens with one attached hydrogen (secondary N) is 1. The third-order valence-electron chi connectivity index (χ3n) is 3.35. The van der Waals surface area contributed by atoms with Crippen molar-refractivity contribution >= 4 is 5.97 Å². The van der Waals surface area contributed by atoms with Gasteiger partial charge in [0.05, 0.1) is 6.61 Å². The van der Waals surface area contributed by atoms with Gasteiger partial charge >= 0.3 is 5.97 Å². The highest BCUT2D eigenvalue weighted by Gasteiger charge is 2.23. The van der Waals surface area contributed by atoms with E-state index in [1.54, 1.807) is 14.0 Å². The van der Waals surface area contributed by atoms with Crippen molar-refractivity contribution < 1.29 is 19.4 Å². The van der Waals surface area contributed by atoms with Crippen molar-refractivity contribution in [3.05, 3.63) is 28.8 Å². The molecule has 1 aromatic carbocycles. The summed E-state index contributed by atoms with van der Waals surface area (Å²) in [6.07, 6.45) is -0.637. The average Bonchev–Trinajstić information content (AvgIpc) is 2.45. The molecule has 0 spiro atoms. The van der Waals surface area contributed by atoms with Crippen molar-refractivity contribution in [1.29, 1.82) is 0 Å². The molecule has 0 heterocycles. The summed E-state index contributed by atoms with van der Waals surface area (Å²) in [6, 6.07) is 3.86. The Labute approximate surface area is 132 Å². The molecule has 124 valence electrons. The zero-order valence-electron chi connectivity index (χ0n) is 14.1. The second-order valence-corrected chi connectivity index (χ2v) is 5.57. The molecule has 0 saturated heterocycles. The smallest absolute Gasteiger partial charge is 0.342 e. The third-order valence-corrected chi connectivity index (χ3v) is 3.35. The van der Waals surface area contributed by atoms with Crippen molar-refractivity contribution in [2.45, 2.75) is 39.7 Å². The standard InChI is InChI=1S/C17H27NO4/c1-6-21-17(20)15-14(11(2)3)8-7-12(4)16(15)22-10-13(19)9-18-5/h7-8,11,13,18-19H,6,9-10H2,1-5H3. The lowest BCUT2D eigenvalue weighted by Gasteiger charge is -2.20. The Kier molecular flexibility index (Phi) is 7.35. The van der Waals surface area contributed by atoms with E-state index in [4.69, 9.17) is 9.47 Å². The van der Waals surface area contributed by atoms with Gasteiger partial charge in [-0.25, -0.2) is 4.79 Å². The lowest BCUT2D eigenvalue weighted by molar-refractivity contribution is 0.0513. The number of carbonyl (C=O) groups is 1. The van der Waals surface area contributed by atoms with Gasteiger partial charge in [-0.1, -0.05) is 26.0 Å². The van der Waals surface area contributed by atoms with Gasteiger partial charge in [0.2, 0.25) is 0 Å². The first-order valence-electron chi connectivity index (χ1n) is 7.68. The third kappa shape index (κ3) is 4.71. The number of aliphatic hydroxyl groups excluding tert-OH is 1. The van der Waals surface area contributed by atoms with Crippen LogP contribution in [-0.2, 0) is 4.74 Å². The number of likely N-dealkylation sites (N-methyl/N-ethyl adjacent to an activating group) is 1. The van der Waals surface area contributed by atoms with Crippen LogP contribution in [0.1, 0.15) is 48.2 Å². The summed E-state index contributed by atoms with van der Waals surface area (Å²) in [4.78, 5) is 12.3. The van der Waals surface area contributed by atoms with Gasteiger partial charge in [-0.2, -0.15) is 0 Å². The van der Waals surface area contributed by atoms with Crippen LogP contribution in [0.2, 0.25) is 0 Å². The molecule has 0 fully saturated rings. The van der Waals surface area contributed by atoms with Gasteiger partial charge in [-0.3, -0.25) is 0 Å². The van der Waals surface area contributed by atoms with Crippen LogP contribution in [0.25, 0.3) is 0 Å². The normalized spacial score (nSPS) is 12.3. The van der Waals surface area contributed by atoms with E-state index in [0.29, 0.717) is 24.5 Å². The Hall–Kier alpha value is -1.59. The lowest BCUT2D eigenvalue weighted by Crippen LogP contribution is -2.29. The number of hydrogen-bond donors (Lipinski definition) is 2. The molecule has 1 unspecified atom stereocenters. The summed E-state index contributed by atoms with van der Waals surface area (Å²) in [7, 11) is 1.76. The fraction of sp³-hybridized carbons (Fsp3) is 0.588. The first-order chi connectivity index (χ1) is 10.4. The molecular weight excluding hydrogens is 282 g/mol. The molecule has 5 heteroatoms. The molecule has 0 amide bonds. The SMILES string of the molecule is CCOC(=O)c1c(C(C)C)ccc(C)c1OCC(O)CNC. The van der Waals surface area contributed by atoms with Gasteiger partial charge in [0.15, 0.2) is 0 Å². The molecule has 0 aromatic heterocycles. The van der Waals surface area contributed by atoms with Gasteiger partial charge in [0.1, 0.15) is 24.0 Å². The van der Waals surface area contributed by atoms with Gasteiger partial charge < -0.3 is 19.9 Å². The minimum Gasteiger partial charge on any atom is -0.490 e. The van der Waals surface area contributed by atoms with Crippen molar-refractivity contribution in [1.82, 2.24) is 5.32 Å². The van der Waals surface area contributed by atoms with Crippen LogP contribution >= 0.6 is 0 Å². The summed E-state index contributed by atoms with van der Waals surface area (Å²) in [6.45, 7) is 8.56. The van der Waals surface area contributed by atoms with Crippen LogP contribution in [0, 0.1) is 6.92 Å². The van der Waals surface area contributed by atoms with E-state index in [2.05, 4.69) is 5.32 Å². The van der Waals surface area contributed by atoms with E-state index < -0.39 is 6.10 Å². The molecule has 1 atom stereocenters. The summed E-state index contributed by atoms with van der Waals surface area (Å²) >= 11 is 0. The van der Waals surface area contributed by atoms with Crippen molar-refractivity contribution in [2.75, 3.05) is 26.8 Å². The summed E-state index contributed by atoms with van der Waals surface area (Å²) < 4.78 is 10.9. The van der Waals surface area contributed by atoms with Gasteiger partial charge in [-0.05, 0) is 37.9 Å². The van der Waals surface area contributed by atoms with Crippen LogP contribution in [0.5, 0.6) is 5.75 Å². The molecule has 2 N–H and O–H groups in total. The van der Waals surface area contributed by atoms with E-state index >= 15 is 0 Å². The minimum atomic E-state index is -0.637. The molecule has 5 nitrogen and oxygen atoms in total. The Morgan fingerprint density at radius 2 is 2.05 bits per heavy atom. The maximum absolute atomic E-state index is 12.3. The van der Waals surface area contributed by atoms with Crippen molar-refractivity contribution in [3.63, 3.8) is 0 Å². The van der Waals surface area contributed by atoms with Crippen LogP contribution in [-0.4, -0.2) is 44.0 Å². The molecule has 0 aliphatic heterocycles. The van der Waals surface area contributed by atoms with E-state index in [1.807, 2.05) is 32.9 Å². The fourth-order valence-electron chi connectivity index (χ4n) is 2.26. The number of aliphatic hydroxyl groups is 1. The van der Waals surface area contributed by atoms with Gasteiger partial charge in [0.25, 0.3) is 0 Å². The highest BCUT2D eigenvalue weighted by atomic mass is 16.5. The molecule has 0 aliphatic carbocycles. The number of carbonyl (C=O) groups excluding carboxylic acids is 1. The van der Waals surface area contributed by atoms with Crippen molar-refractivity contribution in [3.8, 4) is 5.75 Å². The first kappa shape index (κ1) is 18.5. The van der Waals surface area contributed by atoms with Crippen LogP contribution in [0.15, 0.2) is 12.1 Å². The molecular formula is C17H27NO4. The predicted molar refractivity (Wildman–Crippen MR) is 86.7 cm³/mol. The van der Waals surface area contributed by atoms with Crippen LogP contribution in [0.3, 0.4) is 0 Å². The fourth-order valence-corrected chi connectivity index (χ4v) is 2.26. The molecule has 22 heavy (non-hydrogen) atoms. The van der Waals surface area contributed by atoms with E-state index in [9.17, 15) is 9.90 Å². The number of ether oxygens (including phenoxy) is 2. The van der Waals surface area contributed by atoms with E-state index in [-0.39, 0.29) is 18.5 Å². The van der Waals surface area contributed by atoms with Crippen molar-refractivity contribution in [2.24, 2.45) is 0 Å². The van der Waals surface area contributed by atoms with Crippen LogP contribution in [0.4, 0.5) is 0 Å². The van der Waals surface area contributed by atoms with Crippen LogP contribution < -0.4 is 10.1 Å². The van der Waals surface area contributed by atoms with E-state index in [1.165, 1.54) is 0 Å². The molecule has 0 saturated carbocycles. The Morgan fingerprint density at radius 1 is 1.36 bits per heavy atom. The number of aryl methyl sites for hydroxylation is 1. The molecule has 0 aliphatic rings. The second-order valence-electron chi connectivity index (χ2n) is 5.57. The largest absolute Gasteiger partial charge is 0.490 e.